The Morgan fingerprint density at radius 2 is 2.12 bits per heavy atom. The topological polar surface area (TPSA) is 77.7 Å². The lowest BCUT2D eigenvalue weighted by Gasteiger charge is -2.25. The molecular formula is C18H23N3O4. The summed E-state index contributed by atoms with van der Waals surface area (Å²) in [5.41, 5.74) is 0.972. The predicted octanol–water partition coefficient (Wildman–Crippen LogP) is 2.52. The minimum absolute atomic E-state index is 0.105. The van der Waals surface area contributed by atoms with Crippen molar-refractivity contribution in [3.63, 3.8) is 0 Å². The van der Waals surface area contributed by atoms with Gasteiger partial charge in [0.1, 0.15) is 13.2 Å². The molecule has 0 radical (unpaired) electrons. The van der Waals surface area contributed by atoms with Crippen molar-refractivity contribution in [3.8, 4) is 11.5 Å². The van der Waals surface area contributed by atoms with Gasteiger partial charge in [-0.2, -0.15) is 4.98 Å². The molecule has 7 heteroatoms. The molecule has 0 atom stereocenters. The van der Waals surface area contributed by atoms with Crippen LogP contribution in [0.2, 0.25) is 0 Å². The summed E-state index contributed by atoms with van der Waals surface area (Å²) in [6.07, 6.45) is 1.74. The number of hydrogen-bond acceptors (Lipinski definition) is 6. The van der Waals surface area contributed by atoms with Crippen LogP contribution in [0.1, 0.15) is 37.0 Å². The summed E-state index contributed by atoms with van der Waals surface area (Å²) in [6, 6.07) is 5.80. The van der Waals surface area contributed by atoms with Crippen LogP contribution >= 0.6 is 0 Å². The fraction of sp³-hybridized carbons (Fsp3) is 0.500. The number of aromatic nitrogens is 2. The van der Waals surface area contributed by atoms with Crippen molar-refractivity contribution in [2.45, 2.75) is 39.7 Å². The van der Waals surface area contributed by atoms with Crippen molar-refractivity contribution in [1.82, 2.24) is 15.0 Å². The summed E-state index contributed by atoms with van der Waals surface area (Å²) in [7, 11) is 0. The van der Waals surface area contributed by atoms with Crippen LogP contribution in [-0.4, -0.2) is 40.7 Å². The van der Waals surface area contributed by atoms with Gasteiger partial charge in [-0.25, -0.2) is 0 Å². The highest BCUT2D eigenvalue weighted by atomic mass is 16.6. The Balaban J connectivity index is 1.57. The lowest BCUT2D eigenvalue weighted by Crippen LogP contribution is -2.30. The van der Waals surface area contributed by atoms with Gasteiger partial charge in [0.15, 0.2) is 17.3 Å². The Morgan fingerprint density at radius 1 is 1.28 bits per heavy atom. The second-order valence-corrected chi connectivity index (χ2v) is 5.94. The molecule has 0 saturated carbocycles. The standard InChI is InChI=1S/C18H23N3O4/c1-3-21(17(22)9-5-8-16-19-13(2)20-25-16)12-14-6-4-7-15-18(14)24-11-10-23-15/h4,6-7H,3,5,8-12H2,1-2H3. The molecule has 1 aromatic carbocycles. The molecule has 0 saturated heterocycles. The van der Waals surface area contributed by atoms with Gasteiger partial charge in [-0.1, -0.05) is 17.3 Å². The molecule has 3 rings (SSSR count). The maximum absolute atomic E-state index is 12.5. The van der Waals surface area contributed by atoms with E-state index in [2.05, 4.69) is 10.1 Å². The number of carbonyl (C=O) groups is 1. The minimum Gasteiger partial charge on any atom is -0.486 e. The van der Waals surface area contributed by atoms with E-state index < -0.39 is 0 Å². The molecule has 1 amide bonds. The van der Waals surface area contributed by atoms with Crippen LogP contribution in [0.4, 0.5) is 0 Å². The zero-order chi connectivity index (χ0) is 17.6. The maximum atomic E-state index is 12.5. The summed E-state index contributed by atoms with van der Waals surface area (Å²) in [4.78, 5) is 18.5. The van der Waals surface area contributed by atoms with Crippen LogP contribution in [0.25, 0.3) is 0 Å². The van der Waals surface area contributed by atoms with E-state index in [1.54, 1.807) is 6.92 Å². The highest BCUT2D eigenvalue weighted by Gasteiger charge is 2.19. The first-order valence-electron chi connectivity index (χ1n) is 8.62. The molecule has 7 nitrogen and oxygen atoms in total. The Bertz CT molecular complexity index is 729. The third-order valence-corrected chi connectivity index (χ3v) is 4.09. The van der Waals surface area contributed by atoms with Crippen molar-refractivity contribution < 1.29 is 18.8 Å². The third-order valence-electron chi connectivity index (χ3n) is 4.09. The van der Waals surface area contributed by atoms with Crippen molar-refractivity contribution >= 4 is 5.91 Å². The monoisotopic (exact) mass is 345 g/mol. The van der Waals surface area contributed by atoms with Crippen molar-refractivity contribution in [2.24, 2.45) is 0 Å². The molecule has 0 fully saturated rings. The first-order chi connectivity index (χ1) is 12.2. The Hall–Kier alpha value is -2.57. The molecule has 2 heterocycles. The van der Waals surface area contributed by atoms with Crippen molar-refractivity contribution in [1.29, 1.82) is 0 Å². The van der Waals surface area contributed by atoms with Gasteiger partial charge in [-0.15, -0.1) is 0 Å². The van der Waals surface area contributed by atoms with E-state index in [-0.39, 0.29) is 5.91 Å². The molecular weight excluding hydrogens is 322 g/mol. The Morgan fingerprint density at radius 3 is 2.88 bits per heavy atom. The minimum atomic E-state index is 0.105. The second kappa shape index (κ2) is 8.00. The number of nitrogens with zero attached hydrogens (tertiary/aromatic N) is 3. The largest absolute Gasteiger partial charge is 0.486 e. The van der Waals surface area contributed by atoms with E-state index in [4.69, 9.17) is 14.0 Å². The van der Waals surface area contributed by atoms with Gasteiger partial charge in [-0.3, -0.25) is 4.79 Å². The van der Waals surface area contributed by atoms with E-state index in [0.717, 1.165) is 17.1 Å². The average molecular weight is 345 g/mol. The van der Waals surface area contributed by atoms with Gasteiger partial charge in [-0.05, 0) is 26.3 Å². The number of ether oxygens (including phenoxy) is 2. The molecule has 2 aromatic rings. The number of benzene rings is 1. The highest BCUT2D eigenvalue weighted by Crippen LogP contribution is 2.34. The maximum Gasteiger partial charge on any atom is 0.226 e. The molecule has 0 aliphatic carbocycles. The molecule has 1 aliphatic heterocycles. The van der Waals surface area contributed by atoms with E-state index in [9.17, 15) is 4.79 Å². The van der Waals surface area contributed by atoms with Crippen LogP contribution in [0, 0.1) is 6.92 Å². The number of para-hydroxylation sites is 1. The van der Waals surface area contributed by atoms with E-state index in [1.165, 1.54) is 0 Å². The zero-order valence-electron chi connectivity index (χ0n) is 14.7. The van der Waals surface area contributed by atoms with Crippen LogP contribution in [0.3, 0.4) is 0 Å². The number of hydrogen-bond donors (Lipinski definition) is 0. The molecule has 0 unspecified atom stereocenters. The van der Waals surface area contributed by atoms with E-state index in [1.807, 2.05) is 30.0 Å². The Labute approximate surface area is 146 Å². The first-order valence-corrected chi connectivity index (χ1v) is 8.62. The summed E-state index contributed by atoms with van der Waals surface area (Å²) >= 11 is 0. The summed E-state index contributed by atoms with van der Waals surface area (Å²) in [5, 5.41) is 3.76. The van der Waals surface area contributed by atoms with Gasteiger partial charge in [0.25, 0.3) is 0 Å². The highest BCUT2D eigenvalue weighted by molar-refractivity contribution is 5.76. The fourth-order valence-electron chi connectivity index (χ4n) is 2.83. The molecule has 1 aliphatic rings. The number of fused-ring (bicyclic) bond motifs is 1. The molecule has 1 aromatic heterocycles. The SMILES string of the molecule is CCN(Cc1cccc2c1OCCO2)C(=O)CCCc1nc(C)no1. The van der Waals surface area contributed by atoms with E-state index in [0.29, 0.717) is 57.3 Å². The van der Waals surface area contributed by atoms with Crippen molar-refractivity contribution in [2.75, 3.05) is 19.8 Å². The van der Waals surface area contributed by atoms with Gasteiger partial charge < -0.3 is 18.9 Å². The summed E-state index contributed by atoms with van der Waals surface area (Å²) < 4.78 is 16.4. The molecule has 0 N–H and O–H groups in total. The van der Waals surface area contributed by atoms with E-state index >= 15 is 0 Å². The lowest BCUT2D eigenvalue weighted by atomic mass is 10.1. The third kappa shape index (κ3) is 4.29. The summed E-state index contributed by atoms with van der Waals surface area (Å²) in [5.74, 6) is 2.80. The quantitative estimate of drug-likeness (QED) is 0.767. The average Bonchev–Trinajstić information content (AvgIpc) is 3.04. The zero-order valence-corrected chi connectivity index (χ0v) is 14.7. The molecule has 0 bridgehead atoms. The van der Waals surface area contributed by atoms with Crippen molar-refractivity contribution in [3.05, 3.63) is 35.5 Å². The van der Waals surface area contributed by atoms with Crippen LogP contribution in [-0.2, 0) is 17.8 Å². The summed E-state index contributed by atoms with van der Waals surface area (Å²) in [6.45, 7) is 6.01. The normalized spacial score (nSPS) is 12.9. The smallest absolute Gasteiger partial charge is 0.226 e. The molecule has 134 valence electrons. The molecule has 25 heavy (non-hydrogen) atoms. The number of amides is 1. The number of rotatable bonds is 7. The van der Waals surface area contributed by atoms with Gasteiger partial charge >= 0.3 is 0 Å². The van der Waals surface area contributed by atoms with Crippen LogP contribution < -0.4 is 9.47 Å². The van der Waals surface area contributed by atoms with Crippen LogP contribution in [0.5, 0.6) is 11.5 Å². The molecule has 0 spiro atoms. The number of carbonyl (C=O) groups excluding carboxylic acids is 1. The van der Waals surface area contributed by atoms with Gasteiger partial charge in [0.05, 0.1) is 0 Å². The fourth-order valence-corrected chi connectivity index (χ4v) is 2.83. The van der Waals surface area contributed by atoms with Gasteiger partial charge in [0.2, 0.25) is 11.8 Å². The number of aryl methyl sites for hydroxylation is 2. The first kappa shape index (κ1) is 17.3. The van der Waals surface area contributed by atoms with Gasteiger partial charge in [0, 0.05) is 31.5 Å². The lowest BCUT2D eigenvalue weighted by molar-refractivity contribution is -0.131. The van der Waals surface area contributed by atoms with Crippen LogP contribution in [0.15, 0.2) is 22.7 Å². The Kier molecular flexibility index (Phi) is 5.53. The predicted molar refractivity (Wildman–Crippen MR) is 90.5 cm³/mol. The second-order valence-electron chi connectivity index (χ2n) is 5.94.